The van der Waals surface area contributed by atoms with E-state index < -0.39 is 73.8 Å². The van der Waals surface area contributed by atoms with Crippen molar-refractivity contribution in [2.45, 2.75) is 63.7 Å². The van der Waals surface area contributed by atoms with Gasteiger partial charge in [0.2, 0.25) is 0 Å². The number of aryl methyl sites for hydroxylation is 1. The SMILES string of the molecule is COc1ccc(CN(Cc2ccc(OC)cc2)c2cc(C)c(C(F)(F)F)c(-c3c(Cl)c(OCCNCc4cccnc4N)c4c(=O)[nH]c(OC[C@@]56CCCN5C[C@H](F)C6)nc4c3F)n2)cc1. The number of nitrogen functional groups attached to an aromatic ring is 1. The van der Waals surface area contributed by atoms with Crippen molar-refractivity contribution in [1.82, 2.24) is 30.2 Å². The van der Waals surface area contributed by atoms with Gasteiger partial charge in [-0.2, -0.15) is 18.2 Å². The van der Waals surface area contributed by atoms with Crippen molar-refractivity contribution in [1.29, 1.82) is 0 Å². The number of aromatic nitrogens is 4. The van der Waals surface area contributed by atoms with Crippen LogP contribution < -0.4 is 40.5 Å². The molecule has 0 spiro atoms. The number of nitrogens with two attached hydrogens (primary N) is 1. The maximum absolute atomic E-state index is 17.6. The summed E-state index contributed by atoms with van der Waals surface area (Å²) in [4.78, 5) is 33.3. The van der Waals surface area contributed by atoms with Gasteiger partial charge in [0.05, 0.1) is 41.6 Å². The second-order valence-electron chi connectivity index (χ2n) is 16.4. The van der Waals surface area contributed by atoms with Crippen LogP contribution in [0.5, 0.6) is 23.3 Å². The van der Waals surface area contributed by atoms with E-state index in [-0.39, 0.29) is 63.7 Å². The fourth-order valence-electron chi connectivity index (χ4n) is 8.85. The average Bonchev–Trinajstić information content (AvgIpc) is 3.82. The molecule has 2 atom stereocenters. The summed E-state index contributed by atoms with van der Waals surface area (Å²) in [5.74, 6) is -0.201. The number of rotatable bonds is 17. The summed E-state index contributed by atoms with van der Waals surface area (Å²) in [5.41, 5.74) is 2.79. The molecular formula is C47H48ClF5N8O5. The van der Waals surface area contributed by atoms with Gasteiger partial charge >= 0.3 is 6.18 Å². The van der Waals surface area contributed by atoms with Gasteiger partial charge in [0.25, 0.3) is 11.6 Å². The van der Waals surface area contributed by atoms with E-state index in [0.29, 0.717) is 35.8 Å². The van der Waals surface area contributed by atoms with E-state index in [0.717, 1.165) is 17.5 Å². The van der Waals surface area contributed by atoms with Gasteiger partial charge in [-0.1, -0.05) is 41.9 Å². The third kappa shape index (κ3) is 9.66. The number of pyridine rings is 2. The Morgan fingerprint density at radius 3 is 2.33 bits per heavy atom. The molecule has 19 heteroatoms. The molecule has 0 radical (unpaired) electrons. The largest absolute Gasteiger partial charge is 0.497 e. The highest BCUT2D eigenvalue weighted by molar-refractivity contribution is 6.36. The van der Waals surface area contributed by atoms with Gasteiger partial charge in [-0.05, 0) is 79.4 Å². The number of fused-ring (bicyclic) bond motifs is 2. The molecule has 8 rings (SSSR count). The third-order valence-corrected chi connectivity index (χ3v) is 12.4. The molecule has 0 saturated carbocycles. The number of benzene rings is 3. The van der Waals surface area contributed by atoms with Crippen LogP contribution in [0.15, 0.2) is 77.7 Å². The van der Waals surface area contributed by atoms with Gasteiger partial charge in [0, 0.05) is 50.9 Å². The average molecular weight is 935 g/mol. The number of nitrogens with zero attached hydrogens (tertiary/aromatic N) is 5. The molecule has 2 fully saturated rings. The molecule has 4 N–H and O–H groups in total. The zero-order chi connectivity index (χ0) is 46.8. The number of hydrogen-bond donors (Lipinski definition) is 3. The normalized spacial score (nSPS) is 17.3. The first kappa shape index (κ1) is 46.3. The van der Waals surface area contributed by atoms with Gasteiger partial charge in [-0.15, -0.1) is 0 Å². The molecule has 0 unspecified atom stereocenters. The van der Waals surface area contributed by atoms with Crippen molar-refractivity contribution in [3.63, 3.8) is 0 Å². The zero-order valence-corrected chi connectivity index (χ0v) is 37.2. The van der Waals surface area contributed by atoms with Gasteiger partial charge in [0.15, 0.2) is 11.6 Å². The van der Waals surface area contributed by atoms with Gasteiger partial charge in [-0.25, -0.2) is 18.7 Å². The lowest BCUT2D eigenvalue weighted by atomic mass is 9.95. The molecule has 2 aliphatic rings. The summed E-state index contributed by atoms with van der Waals surface area (Å²) in [5, 5.41) is 2.04. The number of ether oxygens (including phenoxy) is 4. The van der Waals surface area contributed by atoms with Crippen LogP contribution in [0.4, 0.5) is 33.6 Å². The molecule has 13 nitrogen and oxygen atoms in total. The molecule has 0 aliphatic carbocycles. The Hall–Kier alpha value is -6.24. The predicted molar refractivity (Wildman–Crippen MR) is 241 cm³/mol. The van der Waals surface area contributed by atoms with Crippen LogP contribution >= 0.6 is 11.6 Å². The highest BCUT2D eigenvalue weighted by atomic mass is 35.5. The summed E-state index contributed by atoms with van der Waals surface area (Å²) in [6, 6.07) is 18.7. The molecule has 0 bridgehead atoms. The van der Waals surface area contributed by atoms with Crippen LogP contribution in [0.3, 0.4) is 0 Å². The van der Waals surface area contributed by atoms with Gasteiger partial charge in [-0.3, -0.25) is 14.7 Å². The zero-order valence-electron chi connectivity index (χ0n) is 36.4. The first-order chi connectivity index (χ1) is 31.7. The quantitative estimate of drug-likeness (QED) is 0.0595. The fourth-order valence-corrected chi connectivity index (χ4v) is 9.17. The van der Waals surface area contributed by atoms with E-state index in [1.807, 2.05) is 29.2 Å². The lowest BCUT2D eigenvalue weighted by Crippen LogP contribution is -2.43. The Balaban J connectivity index is 1.25. The van der Waals surface area contributed by atoms with Crippen molar-refractivity contribution in [2.24, 2.45) is 0 Å². The first-order valence-corrected chi connectivity index (χ1v) is 21.7. The minimum atomic E-state index is -5.07. The van der Waals surface area contributed by atoms with Crippen LogP contribution in [-0.2, 0) is 25.8 Å². The molecule has 348 valence electrons. The number of halogens is 6. The fraction of sp³-hybridized carbons (Fsp3) is 0.362. The molecule has 2 aliphatic heterocycles. The van der Waals surface area contributed by atoms with Crippen LogP contribution in [-0.4, -0.2) is 83.6 Å². The summed E-state index contributed by atoms with van der Waals surface area (Å²) >= 11 is 7.01. The Morgan fingerprint density at radius 2 is 1.70 bits per heavy atom. The third-order valence-electron chi connectivity index (χ3n) is 12.1. The van der Waals surface area contributed by atoms with E-state index in [1.165, 1.54) is 27.2 Å². The molecule has 6 aromatic rings. The van der Waals surface area contributed by atoms with Crippen LogP contribution in [0.25, 0.3) is 22.2 Å². The maximum Gasteiger partial charge on any atom is 0.418 e. The van der Waals surface area contributed by atoms with E-state index in [9.17, 15) is 9.18 Å². The Bertz CT molecular complexity index is 2710. The topological polar surface area (TPSA) is 153 Å². The summed E-state index contributed by atoms with van der Waals surface area (Å²) in [6.07, 6.45) is -2.94. The van der Waals surface area contributed by atoms with Crippen molar-refractivity contribution in [2.75, 3.05) is 57.7 Å². The predicted octanol–water partition coefficient (Wildman–Crippen LogP) is 8.43. The van der Waals surface area contributed by atoms with Crippen molar-refractivity contribution >= 4 is 34.1 Å². The second-order valence-corrected chi connectivity index (χ2v) is 16.8. The minimum absolute atomic E-state index is 0.0602. The van der Waals surface area contributed by atoms with Crippen molar-refractivity contribution in [3.8, 4) is 34.5 Å². The number of anilines is 2. The Morgan fingerprint density at radius 1 is 1.02 bits per heavy atom. The van der Waals surface area contributed by atoms with Crippen LogP contribution in [0.1, 0.15) is 47.1 Å². The molecule has 5 heterocycles. The second kappa shape index (κ2) is 19.3. The van der Waals surface area contributed by atoms with E-state index in [2.05, 4.69) is 25.3 Å². The first-order valence-electron chi connectivity index (χ1n) is 21.3. The number of H-pyrrole nitrogens is 1. The van der Waals surface area contributed by atoms with E-state index in [4.69, 9.17) is 36.3 Å². The summed E-state index contributed by atoms with van der Waals surface area (Å²) in [7, 11) is 3.07. The molecule has 0 amide bonds. The maximum atomic E-state index is 17.6. The Labute approximate surface area is 382 Å². The number of nitrogens with one attached hydrogen (secondary N) is 2. The summed E-state index contributed by atoms with van der Waals surface area (Å²) < 4.78 is 101. The van der Waals surface area contributed by atoms with E-state index >= 15 is 17.6 Å². The number of alkyl halides is 4. The lowest BCUT2D eigenvalue weighted by molar-refractivity contribution is -0.137. The smallest absolute Gasteiger partial charge is 0.418 e. The monoisotopic (exact) mass is 934 g/mol. The van der Waals surface area contributed by atoms with Crippen molar-refractivity contribution < 1.29 is 40.9 Å². The molecule has 66 heavy (non-hydrogen) atoms. The number of aromatic amines is 1. The molecule has 2 saturated heterocycles. The molecular weight excluding hydrogens is 887 g/mol. The van der Waals surface area contributed by atoms with Crippen LogP contribution in [0, 0.1) is 12.7 Å². The highest BCUT2D eigenvalue weighted by Gasteiger charge is 2.49. The summed E-state index contributed by atoms with van der Waals surface area (Å²) in [6.45, 7) is 2.63. The lowest BCUT2D eigenvalue weighted by Gasteiger charge is -2.30. The van der Waals surface area contributed by atoms with Crippen molar-refractivity contribution in [3.05, 3.63) is 122 Å². The van der Waals surface area contributed by atoms with E-state index in [1.54, 1.807) is 47.5 Å². The minimum Gasteiger partial charge on any atom is -0.497 e. The Kier molecular flexibility index (Phi) is 13.5. The van der Waals surface area contributed by atoms with Gasteiger partial charge < -0.3 is 34.9 Å². The highest BCUT2D eigenvalue weighted by Crippen LogP contribution is 2.48. The van der Waals surface area contributed by atoms with Gasteiger partial charge in [0.1, 0.15) is 53.4 Å². The standard InChI is InChI=1S/C47H48ClF5N8O5/c1-27-20-34(60(23-28-7-11-32(63-2)12-8-28)24-29-9-13-33(64-3)14-10-29)57-40(37(27)47(51,52)53)35-38(48)42(65-19-17-55-22-30-6-4-16-56-43(30)54)36-41(39(35)50)58-45(59-44(36)62)66-26-46-15-5-18-61(46)25-31(49)21-46/h4,6-14,16,20,31,55H,5,15,17-19,21-26H2,1-3H3,(H2,54,56)(H,58,59,62)/t31-,46+/m1/s1. The number of methoxy groups -OCH3 is 2. The molecule has 3 aromatic carbocycles. The molecule has 3 aromatic heterocycles. The number of hydrogen-bond acceptors (Lipinski definition) is 12. The van der Waals surface area contributed by atoms with Crippen LogP contribution in [0.2, 0.25) is 5.02 Å².